The molecular weight excluding hydrogens is 314 g/mol. The van der Waals surface area contributed by atoms with Crippen molar-refractivity contribution in [1.82, 2.24) is 15.1 Å². The van der Waals surface area contributed by atoms with Crippen LogP contribution in [0.5, 0.6) is 0 Å². The average Bonchev–Trinajstić information content (AvgIpc) is 2.87. The fraction of sp³-hybridized carbons (Fsp3) is 0.412. The van der Waals surface area contributed by atoms with E-state index in [9.17, 15) is 4.79 Å². The number of aryl methyl sites for hydroxylation is 1. The van der Waals surface area contributed by atoms with Crippen molar-refractivity contribution in [2.75, 3.05) is 6.61 Å². The van der Waals surface area contributed by atoms with Crippen molar-refractivity contribution >= 4 is 17.5 Å². The summed E-state index contributed by atoms with van der Waals surface area (Å²) in [5.74, 6) is -0.153. The summed E-state index contributed by atoms with van der Waals surface area (Å²) >= 11 is 5.99. The molecule has 0 saturated carbocycles. The zero-order chi connectivity index (χ0) is 16.8. The molecule has 0 bridgehead atoms. The molecule has 1 aromatic heterocycles. The van der Waals surface area contributed by atoms with Crippen LogP contribution in [-0.4, -0.2) is 33.4 Å². The first-order chi connectivity index (χ1) is 11.0. The number of aliphatic hydroxyl groups is 1. The van der Waals surface area contributed by atoms with E-state index in [4.69, 9.17) is 16.7 Å². The van der Waals surface area contributed by atoms with Crippen LogP contribution < -0.4 is 5.32 Å². The Balaban J connectivity index is 2.09. The maximum atomic E-state index is 12.4. The number of nitrogens with one attached hydrogen (secondary N) is 1. The van der Waals surface area contributed by atoms with Gasteiger partial charge in [-0.2, -0.15) is 5.10 Å². The summed E-state index contributed by atoms with van der Waals surface area (Å²) in [5.41, 5.74) is 2.27. The van der Waals surface area contributed by atoms with Crippen LogP contribution >= 0.6 is 11.6 Å². The smallest absolute Gasteiger partial charge is 0.254 e. The maximum absolute atomic E-state index is 12.4. The molecule has 124 valence electrons. The number of hydrogen-bond donors (Lipinski definition) is 2. The molecule has 1 aromatic carbocycles. The number of aromatic nitrogens is 2. The second-order valence-electron chi connectivity index (χ2n) is 5.55. The highest BCUT2D eigenvalue weighted by atomic mass is 35.5. The third-order valence-electron chi connectivity index (χ3n) is 3.73. The molecule has 1 amide bonds. The largest absolute Gasteiger partial charge is 0.396 e. The van der Waals surface area contributed by atoms with Gasteiger partial charge in [0.2, 0.25) is 0 Å². The van der Waals surface area contributed by atoms with E-state index < -0.39 is 0 Å². The van der Waals surface area contributed by atoms with Crippen LogP contribution in [0.25, 0.3) is 0 Å². The van der Waals surface area contributed by atoms with Crippen molar-refractivity contribution in [3.8, 4) is 0 Å². The summed E-state index contributed by atoms with van der Waals surface area (Å²) in [6, 6.07) is 7.54. The molecule has 23 heavy (non-hydrogen) atoms. The zero-order valence-electron chi connectivity index (χ0n) is 13.4. The lowest BCUT2D eigenvalue weighted by molar-refractivity contribution is 0.0928. The van der Waals surface area contributed by atoms with Crippen molar-refractivity contribution in [1.29, 1.82) is 0 Å². The number of halogens is 1. The number of nitrogens with zero attached hydrogens (tertiary/aromatic N) is 2. The average molecular weight is 336 g/mol. The van der Waals surface area contributed by atoms with E-state index in [0.29, 0.717) is 29.2 Å². The van der Waals surface area contributed by atoms with Gasteiger partial charge >= 0.3 is 0 Å². The number of amides is 1. The Morgan fingerprint density at radius 1 is 1.48 bits per heavy atom. The van der Waals surface area contributed by atoms with Crippen molar-refractivity contribution in [3.63, 3.8) is 0 Å². The van der Waals surface area contributed by atoms with Crippen LogP contribution in [0.15, 0.2) is 30.5 Å². The zero-order valence-corrected chi connectivity index (χ0v) is 14.2. The minimum absolute atomic E-state index is 0.0248. The molecule has 2 N–H and O–H groups in total. The fourth-order valence-corrected chi connectivity index (χ4v) is 2.65. The first-order valence-electron chi connectivity index (χ1n) is 7.73. The molecule has 0 fully saturated rings. The summed E-state index contributed by atoms with van der Waals surface area (Å²) in [4.78, 5) is 12.4. The molecular formula is C17H22ClN3O2. The molecule has 0 aliphatic heterocycles. The van der Waals surface area contributed by atoms with Gasteiger partial charge in [0.25, 0.3) is 5.91 Å². The van der Waals surface area contributed by atoms with E-state index >= 15 is 0 Å². The van der Waals surface area contributed by atoms with Gasteiger partial charge in [-0.3, -0.25) is 9.48 Å². The Morgan fingerprint density at radius 2 is 2.26 bits per heavy atom. The van der Waals surface area contributed by atoms with Crippen molar-refractivity contribution < 1.29 is 9.90 Å². The van der Waals surface area contributed by atoms with Gasteiger partial charge in [0.05, 0.1) is 17.8 Å². The number of carbonyl (C=O) groups is 1. The minimum atomic E-state index is -0.153. The second-order valence-corrected chi connectivity index (χ2v) is 5.98. The first-order valence-corrected chi connectivity index (χ1v) is 8.11. The Hall–Kier alpha value is -1.85. The van der Waals surface area contributed by atoms with Crippen LogP contribution in [0.3, 0.4) is 0 Å². The summed E-state index contributed by atoms with van der Waals surface area (Å²) < 4.78 is 1.74. The van der Waals surface area contributed by atoms with Crippen LogP contribution in [0, 0.1) is 6.92 Å². The van der Waals surface area contributed by atoms with Gasteiger partial charge < -0.3 is 10.4 Å². The van der Waals surface area contributed by atoms with E-state index in [1.165, 1.54) is 0 Å². The minimum Gasteiger partial charge on any atom is -0.396 e. The molecule has 6 heteroatoms. The predicted molar refractivity (Wildman–Crippen MR) is 90.8 cm³/mol. The van der Waals surface area contributed by atoms with Crippen molar-refractivity contribution in [2.45, 2.75) is 39.3 Å². The van der Waals surface area contributed by atoms with Gasteiger partial charge in [-0.1, -0.05) is 30.7 Å². The van der Waals surface area contributed by atoms with Gasteiger partial charge in [-0.15, -0.1) is 0 Å². The van der Waals surface area contributed by atoms with E-state index in [-0.39, 0.29) is 18.6 Å². The van der Waals surface area contributed by atoms with Crippen LogP contribution in [0.1, 0.15) is 41.4 Å². The molecule has 0 aliphatic carbocycles. The molecule has 0 saturated heterocycles. The Labute approximate surface area is 141 Å². The monoisotopic (exact) mass is 335 g/mol. The van der Waals surface area contributed by atoms with E-state index in [2.05, 4.69) is 10.4 Å². The lowest BCUT2D eigenvalue weighted by Crippen LogP contribution is -2.35. The molecule has 5 nitrogen and oxygen atoms in total. The lowest BCUT2D eigenvalue weighted by atomic mass is 10.1. The molecule has 0 radical (unpaired) electrons. The van der Waals surface area contributed by atoms with Gasteiger partial charge in [0.15, 0.2) is 0 Å². The van der Waals surface area contributed by atoms with Crippen LogP contribution in [0.4, 0.5) is 0 Å². The van der Waals surface area contributed by atoms with Gasteiger partial charge in [-0.25, -0.2) is 0 Å². The highest BCUT2D eigenvalue weighted by Gasteiger charge is 2.16. The molecule has 1 heterocycles. The third kappa shape index (κ3) is 4.81. The molecule has 1 unspecified atom stereocenters. The van der Waals surface area contributed by atoms with E-state index in [1.807, 2.05) is 38.1 Å². The lowest BCUT2D eigenvalue weighted by Gasteiger charge is -2.15. The van der Waals surface area contributed by atoms with Gasteiger partial charge in [0.1, 0.15) is 0 Å². The molecule has 1 atom stereocenters. The summed E-state index contributed by atoms with van der Waals surface area (Å²) in [6.07, 6.45) is 3.08. The van der Waals surface area contributed by atoms with Crippen molar-refractivity contribution in [3.05, 3.63) is 52.3 Å². The van der Waals surface area contributed by atoms with E-state index in [0.717, 1.165) is 12.0 Å². The maximum Gasteiger partial charge on any atom is 0.254 e. The fourth-order valence-electron chi connectivity index (χ4n) is 2.44. The Morgan fingerprint density at radius 3 is 2.91 bits per heavy atom. The standard InChI is InChI=1S/C17H22ClN3O2/c1-3-15(7-8-22)19-17(23)16-11-21(20-12(16)2)10-13-5-4-6-14(18)9-13/h4-6,9,11,15,22H,3,7-8,10H2,1-2H3,(H,19,23). The quantitative estimate of drug-likeness (QED) is 0.817. The highest BCUT2D eigenvalue weighted by Crippen LogP contribution is 2.13. The van der Waals surface area contributed by atoms with Gasteiger partial charge in [-0.05, 0) is 37.5 Å². The number of aliphatic hydroxyl groups excluding tert-OH is 1. The Kier molecular flexibility index (Phi) is 6.19. The SMILES string of the molecule is CCC(CCO)NC(=O)c1cn(Cc2cccc(Cl)c2)nc1C. The number of hydrogen-bond acceptors (Lipinski definition) is 3. The first kappa shape index (κ1) is 17.5. The summed E-state index contributed by atoms with van der Waals surface area (Å²) in [5, 5.41) is 17.0. The van der Waals surface area contributed by atoms with Crippen LogP contribution in [0.2, 0.25) is 5.02 Å². The number of rotatable bonds is 7. The Bertz CT molecular complexity index is 670. The molecule has 2 aromatic rings. The third-order valence-corrected chi connectivity index (χ3v) is 3.97. The normalized spacial score (nSPS) is 12.2. The highest BCUT2D eigenvalue weighted by molar-refractivity contribution is 6.30. The number of benzene rings is 1. The molecule has 0 aliphatic rings. The number of carbonyl (C=O) groups excluding carboxylic acids is 1. The topological polar surface area (TPSA) is 67.2 Å². The summed E-state index contributed by atoms with van der Waals surface area (Å²) in [6.45, 7) is 4.42. The predicted octanol–water partition coefficient (Wildman–Crippen LogP) is 2.78. The van der Waals surface area contributed by atoms with Crippen LogP contribution in [-0.2, 0) is 6.54 Å². The molecule has 2 rings (SSSR count). The summed E-state index contributed by atoms with van der Waals surface area (Å²) in [7, 11) is 0. The van der Waals surface area contributed by atoms with Crippen molar-refractivity contribution in [2.24, 2.45) is 0 Å². The second kappa shape index (κ2) is 8.13. The molecule has 0 spiro atoms. The van der Waals surface area contributed by atoms with Gasteiger partial charge in [0, 0.05) is 23.9 Å². The van der Waals surface area contributed by atoms with E-state index in [1.54, 1.807) is 10.9 Å².